The molecule has 0 bridgehead atoms. The summed E-state index contributed by atoms with van der Waals surface area (Å²) in [6, 6.07) is 1.40. The Hall–Kier alpha value is -1.78. The van der Waals surface area contributed by atoms with Gasteiger partial charge in [0.2, 0.25) is 0 Å². The maximum atomic E-state index is 12.0. The summed E-state index contributed by atoms with van der Waals surface area (Å²) in [5.74, 6) is 1.12. The predicted octanol–water partition coefficient (Wildman–Crippen LogP) is 1.29. The van der Waals surface area contributed by atoms with Gasteiger partial charge in [-0.05, 0) is 26.8 Å². The molecule has 5 nitrogen and oxygen atoms in total. The molecule has 0 radical (unpaired) electrons. The van der Waals surface area contributed by atoms with Crippen molar-refractivity contribution in [3.05, 3.63) is 23.2 Å². The van der Waals surface area contributed by atoms with E-state index in [2.05, 4.69) is 5.32 Å². The number of carbonyl (C=O) groups is 2. The van der Waals surface area contributed by atoms with Crippen molar-refractivity contribution in [2.75, 3.05) is 7.05 Å². The first-order valence-corrected chi connectivity index (χ1v) is 5.04. The Morgan fingerprint density at radius 3 is 2.38 bits per heavy atom. The number of imide groups is 1. The van der Waals surface area contributed by atoms with Gasteiger partial charge in [-0.25, -0.2) is 4.79 Å². The van der Waals surface area contributed by atoms with Crippen molar-refractivity contribution in [3.8, 4) is 0 Å². The number of nitrogens with one attached hydrogen (secondary N) is 1. The quantitative estimate of drug-likeness (QED) is 0.728. The third kappa shape index (κ3) is 1.24. The van der Waals surface area contributed by atoms with Gasteiger partial charge in [0.25, 0.3) is 5.91 Å². The minimum atomic E-state index is -1.01. The van der Waals surface area contributed by atoms with Crippen LogP contribution in [0.1, 0.15) is 24.0 Å². The van der Waals surface area contributed by atoms with Crippen molar-refractivity contribution < 1.29 is 14.0 Å². The van der Waals surface area contributed by atoms with Crippen LogP contribution < -0.4 is 5.32 Å². The largest absolute Gasteiger partial charge is 0.466 e. The maximum absolute atomic E-state index is 12.0. The highest BCUT2D eigenvalue weighted by Gasteiger charge is 2.48. The van der Waals surface area contributed by atoms with Crippen LogP contribution in [0.4, 0.5) is 4.79 Å². The number of hydrogen-bond acceptors (Lipinski definition) is 3. The van der Waals surface area contributed by atoms with Crippen LogP contribution in [0, 0.1) is 13.8 Å². The lowest BCUT2D eigenvalue weighted by atomic mass is 9.92. The smallest absolute Gasteiger partial charge is 0.325 e. The van der Waals surface area contributed by atoms with Crippen molar-refractivity contribution in [1.29, 1.82) is 0 Å². The number of rotatable bonds is 1. The third-order valence-electron chi connectivity index (χ3n) is 2.97. The molecule has 1 aliphatic heterocycles. The fourth-order valence-corrected chi connectivity index (χ4v) is 2.09. The first kappa shape index (κ1) is 10.7. The van der Waals surface area contributed by atoms with Crippen molar-refractivity contribution in [2.24, 2.45) is 0 Å². The van der Waals surface area contributed by atoms with Crippen LogP contribution in [0.25, 0.3) is 0 Å². The third-order valence-corrected chi connectivity index (χ3v) is 2.97. The van der Waals surface area contributed by atoms with Crippen LogP contribution in [0.15, 0.2) is 10.5 Å². The zero-order chi connectivity index (χ0) is 12.1. The number of hydrogen-bond donors (Lipinski definition) is 1. The average Bonchev–Trinajstić information content (AvgIpc) is 2.63. The molecule has 0 spiro atoms. The van der Waals surface area contributed by atoms with E-state index in [9.17, 15) is 9.59 Å². The zero-order valence-corrected chi connectivity index (χ0v) is 9.75. The number of urea groups is 1. The van der Waals surface area contributed by atoms with Crippen LogP contribution >= 0.6 is 0 Å². The van der Waals surface area contributed by atoms with E-state index in [0.29, 0.717) is 11.3 Å². The molecule has 1 atom stereocenters. The number of aryl methyl sites for hydroxylation is 2. The molecule has 0 unspecified atom stereocenters. The second kappa shape index (κ2) is 3.10. The Kier molecular flexibility index (Phi) is 2.08. The predicted molar refractivity (Wildman–Crippen MR) is 56.8 cm³/mol. The Morgan fingerprint density at radius 1 is 1.38 bits per heavy atom. The van der Waals surface area contributed by atoms with Gasteiger partial charge in [0.05, 0.1) is 0 Å². The highest BCUT2D eigenvalue weighted by atomic mass is 16.3. The molecule has 0 aliphatic carbocycles. The summed E-state index contributed by atoms with van der Waals surface area (Å²) in [5, 5.41) is 2.68. The summed E-state index contributed by atoms with van der Waals surface area (Å²) in [5.41, 5.74) is -0.291. The van der Waals surface area contributed by atoms with E-state index >= 15 is 0 Å². The molecule has 1 aromatic heterocycles. The summed E-state index contributed by atoms with van der Waals surface area (Å²) in [6.07, 6.45) is 0. The fraction of sp³-hybridized carbons (Fsp3) is 0.455. The first-order chi connectivity index (χ1) is 7.36. The molecular formula is C11H14N2O3. The molecule has 2 rings (SSSR count). The molecular weight excluding hydrogens is 208 g/mol. The van der Waals surface area contributed by atoms with Gasteiger partial charge in [-0.15, -0.1) is 0 Å². The first-order valence-electron chi connectivity index (χ1n) is 5.04. The van der Waals surface area contributed by atoms with Gasteiger partial charge in [-0.3, -0.25) is 9.69 Å². The van der Waals surface area contributed by atoms with E-state index in [0.717, 1.165) is 10.7 Å². The molecule has 16 heavy (non-hydrogen) atoms. The van der Waals surface area contributed by atoms with Crippen LogP contribution in [-0.2, 0) is 10.3 Å². The summed E-state index contributed by atoms with van der Waals surface area (Å²) in [4.78, 5) is 24.5. The monoisotopic (exact) mass is 222 g/mol. The molecule has 0 saturated carbocycles. The highest BCUT2D eigenvalue weighted by Crippen LogP contribution is 2.31. The van der Waals surface area contributed by atoms with Crippen molar-refractivity contribution in [2.45, 2.75) is 26.3 Å². The van der Waals surface area contributed by atoms with Crippen molar-refractivity contribution >= 4 is 11.9 Å². The molecule has 0 aromatic carbocycles. The summed E-state index contributed by atoms with van der Waals surface area (Å²) in [6.45, 7) is 5.28. The van der Waals surface area contributed by atoms with E-state index in [-0.39, 0.29) is 11.9 Å². The standard InChI is InChI=1S/C11H14N2O3/c1-6-5-8(7(2)16-6)11(3)9(14)13(4)10(15)12-11/h5H,1-4H3,(H,12,15)/t11-/m0/s1. The number of furan rings is 1. The van der Waals surface area contributed by atoms with Gasteiger partial charge >= 0.3 is 6.03 Å². The summed E-state index contributed by atoms with van der Waals surface area (Å²) < 4.78 is 5.39. The minimum absolute atomic E-state index is 0.263. The molecule has 2 heterocycles. The van der Waals surface area contributed by atoms with Crippen LogP contribution in [0.2, 0.25) is 0 Å². The number of nitrogens with zero attached hydrogens (tertiary/aromatic N) is 1. The Labute approximate surface area is 93.4 Å². The number of carbonyl (C=O) groups excluding carboxylic acids is 2. The Morgan fingerprint density at radius 2 is 2.00 bits per heavy atom. The van der Waals surface area contributed by atoms with Gasteiger partial charge in [0, 0.05) is 12.6 Å². The summed E-state index contributed by atoms with van der Waals surface area (Å²) >= 11 is 0. The van der Waals surface area contributed by atoms with Crippen LogP contribution in [0.3, 0.4) is 0 Å². The highest BCUT2D eigenvalue weighted by molar-refractivity contribution is 6.07. The van der Waals surface area contributed by atoms with E-state index < -0.39 is 5.54 Å². The van der Waals surface area contributed by atoms with Gasteiger partial charge in [0.15, 0.2) is 0 Å². The lowest BCUT2D eigenvalue weighted by Gasteiger charge is -2.20. The molecule has 86 valence electrons. The van der Waals surface area contributed by atoms with Gasteiger partial charge in [0.1, 0.15) is 17.1 Å². The Bertz CT molecular complexity index is 478. The Balaban J connectivity index is 2.52. The lowest BCUT2D eigenvalue weighted by Crippen LogP contribution is -2.40. The fourth-order valence-electron chi connectivity index (χ4n) is 2.09. The van der Waals surface area contributed by atoms with Crippen LogP contribution in [0.5, 0.6) is 0 Å². The SMILES string of the molecule is Cc1cc([C@]2(C)NC(=O)N(C)C2=O)c(C)o1. The van der Waals surface area contributed by atoms with E-state index in [1.165, 1.54) is 7.05 Å². The number of amides is 3. The van der Waals surface area contributed by atoms with Gasteiger partial charge < -0.3 is 9.73 Å². The summed E-state index contributed by atoms with van der Waals surface area (Å²) in [7, 11) is 1.46. The lowest BCUT2D eigenvalue weighted by molar-refractivity contribution is -0.130. The second-order valence-corrected chi connectivity index (χ2v) is 4.25. The molecule has 1 aliphatic rings. The molecule has 3 amide bonds. The molecule has 5 heteroatoms. The van der Waals surface area contributed by atoms with E-state index in [1.54, 1.807) is 19.9 Å². The van der Waals surface area contributed by atoms with Gasteiger partial charge in [-0.2, -0.15) is 0 Å². The molecule has 1 N–H and O–H groups in total. The van der Waals surface area contributed by atoms with E-state index in [1.807, 2.05) is 6.92 Å². The topological polar surface area (TPSA) is 62.6 Å². The average molecular weight is 222 g/mol. The maximum Gasteiger partial charge on any atom is 0.325 e. The molecule has 1 saturated heterocycles. The van der Waals surface area contributed by atoms with Crippen molar-refractivity contribution in [1.82, 2.24) is 10.2 Å². The van der Waals surface area contributed by atoms with E-state index in [4.69, 9.17) is 4.42 Å². The van der Waals surface area contributed by atoms with Gasteiger partial charge in [-0.1, -0.05) is 0 Å². The molecule has 1 fully saturated rings. The normalized spacial score (nSPS) is 25.1. The second-order valence-electron chi connectivity index (χ2n) is 4.25. The minimum Gasteiger partial charge on any atom is -0.466 e. The molecule has 1 aromatic rings. The number of likely N-dealkylation sites (N-methyl/N-ethyl adjacent to an activating group) is 1. The zero-order valence-electron chi connectivity index (χ0n) is 9.75. The van der Waals surface area contributed by atoms with Crippen molar-refractivity contribution in [3.63, 3.8) is 0 Å². The van der Waals surface area contributed by atoms with Crippen LogP contribution in [-0.4, -0.2) is 23.9 Å².